The minimum atomic E-state index is -0.277. The van der Waals surface area contributed by atoms with E-state index in [1.807, 2.05) is 32.9 Å². The molecule has 0 radical (unpaired) electrons. The largest absolute Gasteiger partial charge is 0.490 e. The predicted molar refractivity (Wildman–Crippen MR) is 121 cm³/mol. The predicted octanol–water partition coefficient (Wildman–Crippen LogP) is 3.46. The Kier molecular flexibility index (Phi) is 8.10. The molecule has 1 saturated heterocycles. The molecule has 2 N–H and O–H groups in total. The van der Waals surface area contributed by atoms with Gasteiger partial charge in [-0.15, -0.1) is 0 Å². The van der Waals surface area contributed by atoms with Crippen molar-refractivity contribution in [2.45, 2.75) is 52.2 Å². The van der Waals surface area contributed by atoms with Gasteiger partial charge in [-0.1, -0.05) is 0 Å². The summed E-state index contributed by atoms with van der Waals surface area (Å²) in [7, 11) is 1.58. The molecule has 9 nitrogen and oxygen atoms in total. The van der Waals surface area contributed by atoms with Gasteiger partial charge in [-0.25, -0.2) is 9.78 Å². The Morgan fingerprint density at radius 3 is 2.66 bits per heavy atom. The number of rotatable bonds is 8. The molecule has 1 aliphatic heterocycles. The van der Waals surface area contributed by atoms with Crippen molar-refractivity contribution in [2.24, 2.45) is 0 Å². The Bertz CT molecular complexity index is 913. The van der Waals surface area contributed by atoms with E-state index in [1.165, 1.54) is 0 Å². The van der Waals surface area contributed by atoms with Gasteiger partial charge in [0.25, 0.3) is 0 Å². The number of amides is 1. The molecule has 0 aliphatic carbocycles. The summed E-state index contributed by atoms with van der Waals surface area (Å²) in [6.45, 7) is 6.81. The first-order valence-corrected chi connectivity index (χ1v) is 10.9. The Morgan fingerprint density at radius 2 is 2.03 bits per heavy atom. The van der Waals surface area contributed by atoms with Gasteiger partial charge < -0.3 is 29.5 Å². The maximum Gasteiger partial charge on any atom is 0.410 e. The van der Waals surface area contributed by atoms with E-state index in [1.54, 1.807) is 24.3 Å². The van der Waals surface area contributed by atoms with Crippen LogP contribution in [0.2, 0.25) is 0 Å². The lowest BCUT2D eigenvalue weighted by Crippen LogP contribution is -2.42. The van der Waals surface area contributed by atoms with E-state index in [4.69, 9.17) is 19.3 Å². The molecule has 2 aromatic heterocycles. The molecule has 0 unspecified atom stereocenters. The lowest BCUT2D eigenvalue weighted by atomic mass is 10.1. The van der Waals surface area contributed by atoms with Gasteiger partial charge in [0.2, 0.25) is 5.75 Å². The highest BCUT2D eigenvalue weighted by molar-refractivity contribution is 5.68. The fourth-order valence-corrected chi connectivity index (χ4v) is 3.55. The highest BCUT2D eigenvalue weighted by atomic mass is 16.6. The van der Waals surface area contributed by atoms with Gasteiger partial charge in [0, 0.05) is 56.9 Å². The fraction of sp³-hybridized carbons (Fsp3) is 0.522. The number of carbonyl (C=O) groups excluding carboxylic acids is 1. The SMILES string of the molecule is COc1c(OC2CCN(C(=O)OC(C)C)CC2)ccnc1Nc1ccc(CCO)nc1C. The topological polar surface area (TPSA) is 106 Å². The van der Waals surface area contributed by atoms with Crippen molar-refractivity contribution in [3.05, 3.63) is 35.8 Å². The summed E-state index contributed by atoms with van der Waals surface area (Å²) in [5.74, 6) is 1.63. The number of carbonyl (C=O) groups is 1. The maximum atomic E-state index is 12.1. The molecule has 2 aromatic rings. The Labute approximate surface area is 188 Å². The highest BCUT2D eigenvalue weighted by Gasteiger charge is 2.26. The number of hydrogen-bond acceptors (Lipinski definition) is 8. The fourth-order valence-electron chi connectivity index (χ4n) is 3.55. The van der Waals surface area contributed by atoms with E-state index in [0.29, 0.717) is 49.7 Å². The van der Waals surface area contributed by atoms with Crippen molar-refractivity contribution in [1.82, 2.24) is 14.9 Å². The number of nitrogens with one attached hydrogen (secondary N) is 1. The lowest BCUT2D eigenvalue weighted by Gasteiger charge is -2.32. The summed E-state index contributed by atoms with van der Waals surface area (Å²) in [6.07, 6.45) is 3.14. The van der Waals surface area contributed by atoms with Crippen molar-refractivity contribution < 1.29 is 24.1 Å². The number of methoxy groups -OCH3 is 1. The van der Waals surface area contributed by atoms with Crippen LogP contribution in [-0.4, -0.2) is 65.1 Å². The number of anilines is 2. The van der Waals surface area contributed by atoms with Crippen LogP contribution in [0.25, 0.3) is 0 Å². The van der Waals surface area contributed by atoms with E-state index < -0.39 is 0 Å². The molecule has 174 valence electrons. The van der Waals surface area contributed by atoms with E-state index in [0.717, 1.165) is 17.1 Å². The summed E-state index contributed by atoms with van der Waals surface area (Å²) in [5.41, 5.74) is 2.43. The van der Waals surface area contributed by atoms with Crippen molar-refractivity contribution in [3.63, 3.8) is 0 Å². The quantitative estimate of drug-likeness (QED) is 0.638. The minimum Gasteiger partial charge on any atom is -0.490 e. The number of aliphatic hydroxyl groups excluding tert-OH is 1. The first-order valence-electron chi connectivity index (χ1n) is 10.9. The summed E-state index contributed by atoms with van der Waals surface area (Å²) in [5, 5.41) is 12.4. The number of pyridine rings is 2. The van der Waals surface area contributed by atoms with E-state index in [2.05, 4.69) is 15.3 Å². The van der Waals surface area contributed by atoms with Gasteiger partial charge in [-0.05, 0) is 32.9 Å². The molecule has 3 rings (SSSR count). The van der Waals surface area contributed by atoms with Crippen molar-refractivity contribution in [3.8, 4) is 11.5 Å². The summed E-state index contributed by atoms with van der Waals surface area (Å²) < 4.78 is 17.1. The van der Waals surface area contributed by atoms with E-state index in [-0.39, 0.29) is 24.9 Å². The molecular weight excluding hydrogens is 412 g/mol. The van der Waals surface area contributed by atoms with Crippen LogP contribution >= 0.6 is 0 Å². The average Bonchev–Trinajstić information content (AvgIpc) is 2.76. The standard InChI is InChI=1S/C23H32N4O5/c1-15(2)31-23(29)27-12-8-18(9-13-27)32-20-7-11-24-22(21(20)30-4)26-19-6-5-17(10-14-28)25-16(19)3/h5-7,11,15,18,28H,8-10,12-14H2,1-4H3,(H,24,26). The molecule has 0 aromatic carbocycles. The number of nitrogens with zero attached hydrogens (tertiary/aromatic N) is 3. The van der Waals surface area contributed by atoms with Crippen LogP contribution in [0, 0.1) is 6.92 Å². The Balaban J connectivity index is 1.67. The second-order valence-corrected chi connectivity index (χ2v) is 7.96. The molecule has 9 heteroatoms. The number of aromatic nitrogens is 2. The molecule has 1 fully saturated rings. The van der Waals surface area contributed by atoms with Gasteiger partial charge in [0.1, 0.15) is 6.10 Å². The van der Waals surface area contributed by atoms with Crippen molar-refractivity contribution in [2.75, 3.05) is 32.1 Å². The first-order chi connectivity index (χ1) is 15.4. The van der Waals surface area contributed by atoms with Gasteiger partial charge >= 0.3 is 6.09 Å². The molecule has 3 heterocycles. The number of aryl methyl sites for hydroxylation is 1. The van der Waals surface area contributed by atoms with Crippen LogP contribution in [0.4, 0.5) is 16.3 Å². The van der Waals surface area contributed by atoms with Gasteiger partial charge in [-0.3, -0.25) is 4.98 Å². The molecule has 32 heavy (non-hydrogen) atoms. The smallest absolute Gasteiger partial charge is 0.410 e. The number of aliphatic hydroxyl groups is 1. The molecule has 0 saturated carbocycles. The zero-order valence-corrected chi connectivity index (χ0v) is 19.1. The third kappa shape index (κ3) is 6.00. The van der Waals surface area contributed by atoms with Crippen LogP contribution in [0.1, 0.15) is 38.1 Å². The number of likely N-dealkylation sites (tertiary alicyclic amines) is 1. The molecular formula is C23H32N4O5. The molecule has 1 aliphatic rings. The van der Waals surface area contributed by atoms with Gasteiger partial charge in [-0.2, -0.15) is 0 Å². The summed E-state index contributed by atoms with van der Waals surface area (Å²) in [6, 6.07) is 5.56. The van der Waals surface area contributed by atoms with Crippen LogP contribution in [0.15, 0.2) is 24.4 Å². The van der Waals surface area contributed by atoms with Crippen molar-refractivity contribution in [1.29, 1.82) is 0 Å². The molecule has 0 spiro atoms. The Morgan fingerprint density at radius 1 is 1.28 bits per heavy atom. The van der Waals surface area contributed by atoms with Crippen LogP contribution < -0.4 is 14.8 Å². The van der Waals surface area contributed by atoms with Crippen LogP contribution in [-0.2, 0) is 11.2 Å². The summed E-state index contributed by atoms with van der Waals surface area (Å²) in [4.78, 5) is 22.7. The average molecular weight is 445 g/mol. The monoisotopic (exact) mass is 444 g/mol. The zero-order chi connectivity index (χ0) is 23.1. The minimum absolute atomic E-state index is 0.0385. The van der Waals surface area contributed by atoms with Crippen LogP contribution in [0.3, 0.4) is 0 Å². The molecule has 1 amide bonds. The third-order valence-corrected chi connectivity index (χ3v) is 5.17. The highest BCUT2D eigenvalue weighted by Crippen LogP contribution is 2.36. The van der Waals surface area contributed by atoms with E-state index >= 15 is 0 Å². The number of hydrogen-bond donors (Lipinski definition) is 2. The number of piperidine rings is 1. The van der Waals surface area contributed by atoms with Gasteiger partial charge in [0.05, 0.1) is 24.6 Å². The number of ether oxygens (including phenoxy) is 3. The normalized spacial score (nSPS) is 14.4. The second-order valence-electron chi connectivity index (χ2n) is 7.96. The lowest BCUT2D eigenvalue weighted by molar-refractivity contribution is 0.0511. The molecule has 0 bridgehead atoms. The Hall–Kier alpha value is -3.07. The third-order valence-electron chi connectivity index (χ3n) is 5.17. The first kappa shape index (κ1) is 23.6. The maximum absolute atomic E-state index is 12.1. The van der Waals surface area contributed by atoms with E-state index in [9.17, 15) is 4.79 Å². The summed E-state index contributed by atoms with van der Waals surface area (Å²) >= 11 is 0. The molecule has 0 atom stereocenters. The van der Waals surface area contributed by atoms with Crippen LogP contribution in [0.5, 0.6) is 11.5 Å². The van der Waals surface area contributed by atoms with Gasteiger partial charge in [0.15, 0.2) is 11.6 Å². The second kappa shape index (κ2) is 11.0. The zero-order valence-electron chi connectivity index (χ0n) is 19.1. The van der Waals surface area contributed by atoms with Crippen molar-refractivity contribution >= 4 is 17.6 Å².